The van der Waals surface area contributed by atoms with Crippen LogP contribution in [0.15, 0.2) is 48.8 Å². The van der Waals surface area contributed by atoms with Gasteiger partial charge in [0.2, 0.25) is 0 Å². The number of benzene rings is 1. The van der Waals surface area contributed by atoms with E-state index in [2.05, 4.69) is 28.5 Å². The van der Waals surface area contributed by atoms with E-state index in [1.807, 2.05) is 24.4 Å². The summed E-state index contributed by atoms with van der Waals surface area (Å²) < 4.78 is 0. The Labute approximate surface area is 118 Å². The van der Waals surface area contributed by atoms with Gasteiger partial charge < -0.3 is 10.4 Å². The van der Waals surface area contributed by atoms with Gasteiger partial charge in [-0.05, 0) is 41.8 Å². The number of rotatable bonds is 7. The summed E-state index contributed by atoms with van der Waals surface area (Å²) in [6.45, 7) is 1.46. The van der Waals surface area contributed by atoms with Crippen LogP contribution in [0, 0.1) is 0 Å². The van der Waals surface area contributed by atoms with E-state index in [4.69, 9.17) is 5.11 Å². The fourth-order valence-electron chi connectivity index (χ4n) is 1.99. The summed E-state index contributed by atoms with van der Waals surface area (Å²) in [5.41, 5.74) is 3.42. The number of carbonyl (C=O) groups is 1. The van der Waals surface area contributed by atoms with E-state index in [1.54, 1.807) is 6.20 Å². The van der Waals surface area contributed by atoms with E-state index in [0.29, 0.717) is 13.0 Å². The molecule has 2 rings (SSSR count). The van der Waals surface area contributed by atoms with Crippen LogP contribution in [0.5, 0.6) is 0 Å². The minimum Gasteiger partial charge on any atom is -0.481 e. The minimum absolute atomic E-state index is 0.211. The highest BCUT2D eigenvalue weighted by molar-refractivity contribution is 5.66. The lowest BCUT2D eigenvalue weighted by molar-refractivity contribution is -0.137. The molecule has 2 aromatic rings. The number of pyridine rings is 1. The van der Waals surface area contributed by atoms with Crippen molar-refractivity contribution in [3.8, 4) is 11.1 Å². The zero-order valence-electron chi connectivity index (χ0n) is 11.2. The summed E-state index contributed by atoms with van der Waals surface area (Å²) in [7, 11) is 0. The Kier molecular flexibility index (Phi) is 5.26. The van der Waals surface area contributed by atoms with Crippen LogP contribution in [-0.4, -0.2) is 22.6 Å². The molecule has 0 spiro atoms. The second-order valence-electron chi connectivity index (χ2n) is 4.62. The first-order chi connectivity index (χ1) is 9.75. The van der Waals surface area contributed by atoms with Crippen LogP contribution in [0.25, 0.3) is 11.1 Å². The summed E-state index contributed by atoms with van der Waals surface area (Å²) in [5.74, 6) is -0.745. The third-order valence-corrected chi connectivity index (χ3v) is 3.00. The minimum atomic E-state index is -0.745. The molecule has 0 aliphatic carbocycles. The normalized spacial score (nSPS) is 10.4. The van der Waals surface area contributed by atoms with Gasteiger partial charge in [0.15, 0.2) is 0 Å². The largest absolute Gasteiger partial charge is 0.481 e. The van der Waals surface area contributed by atoms with Gasteiger partial charge >= 0.3 is 5.97 Å². The number of aromatic nitrogens is 1. The summed E-state index contributed by atoms with van der Waals surface area (Å²) in [5, 5.41) is 11.8. The fourth-order valence-corrected chi connectivity index (χ4v) is 1.99. The number of nitrogens with zero attached hydrogens (tertiary/aromatic N) is 1. The summed E-state index contributed by atoms with van der Waals surface area (Å²) in [6, 6.07) is 12.2. The zero-order valence-corrected chi connectivity index (χ0v) is 11.2. The smallest absolute Gasteiger partial charge is 0.303 e. The Morgan fingerprint density at radius 1 is 1.20 bits per heavy atom. The van der Waals surface area contributed by atoms with Crippen LogP contribution in [0.2, 0.25) is 0 Å². The van der Waals surface area contributed by atoms with Gasteiger partial charge in [0.05, 0.1) is 0 Å². The molecule has 0 saturated carbocycles. The predicted octanol–water partition coefficient (Wildman–Crippen LogP) is 2.70. The van der Waals surface area contributed by atoms with Gasteiger partial charge in [-0.2, -0.15) is 0 Å². The van der Waals surface area contributed by atoms with E-state index in [0.717, 1.165) is 17.7 Å². The summed E-state index contributed by atoms with van der Waals surface area (Å²) in [4.78, 5) is 14.5. The maximum atomic E-state index is 10.4. The first kappa shape index (κ1) is 14.2. The molecule has 0 atom stereocenters. The molecule has 1 aromatic heterocycles. The third kappa shape index (κ3) is 4.48. The second-order valence-corrected chi connectivity index (χ2v) is 4.62. The molecule has 104 valence electrons. The fraction of sp³-hybridized carbons (Fsp3) is 0.250. The van der Waals surface area contributed by atoms with Crippen molar-refractivity contribution in [1.29, 1.82) is 0 Å². The van der Waals surface area contributed by atoms with Crippen molar-refractivity contribution in [3.05, 3.63) is 54.4 Å². The highest BCUT2D eigenvalue weighted by atomic mass is 16.4. The van der Waals surface area contributed by atoms with Gasteiger partial charge in [-0.25, -0.2) is 0 Å². The number of aliphatic carboxylic acids is 1. The number of hydrogen-bond donors (Lipinski definition) is 2. The van der Waals surface area contributed by atoms with E-state index < -0.39 is 5.97 Å². The van der Waals surface area contributed by atoms with Crippen molar-refractivity contribution < 1.29 is 9.90 Å². The molecule has 0 saturated heterocycles. The van der Waals surface area contributed by atoms with Gasteiger partial charge in [-0.15, -0.1) is 0 Å². The van der Waals surface area contributed by atoms with Crippen LogP contribution >= 0.6 is 0 Å². The monoisotopic (exact) mass is 270 g/mol. The van der Waals surface area contributed by atoms with Gasteiger partial charge in [0.25, 0.3) is 0 Å². The molecule has 1 aromatic carbocycles. The van der Waals surface area contributed by atoms with Gasteiger partial charge in [-0.1, -0.05) is 24.3 Å². The Morgan fingerprint density at radius 2 is 2.05 bits per heavy atom. The standard InChI is InChI=1S/C16H18N2O2/c19-16(20)7-3-9-17-11-13-4-1-5-14(10-13)15-6-2-8-18-12-15/h1-2,4-6,8,10,12,17H,3,7,9,11H2,(H,19,20). The van der Waals surface area contributed by atoms with Gasteiger partial charge in [-0.3, -0.25) is 9.78 Å². The van der Waals surface area contributed by atoms with E-state index in [-0.39, 0.29) is 6.42 Å². The average Bonchev–Trinajstić information content (AvgIpc) is 2.48. The second kappa shape index (κ2) is 7.40. The lowest BCUT2D eigenvalue weighted by Gasteiger charge is -2.07. The first-order valence-corrected chi connectivity index (χ1v) is 6.67. The highest BCUT2D eigenvalue weighted by Gasteiger charge is 2.00. The van der Waals surface area contributed by atoms with Crippen LogP contribution < -0.4 is 5.32 Å². The molecule has 0 radical (unpaired) electrons. The van der Waals surface area contributed by atoms with Crippen molar-refractivity contribution >= 4 is 5.97 Å². The molecule has 0 unspecified atom stereocenters. The number of carboxylic acids is 1. The molecule has 0 bridgehead atoms. The quantitative estimate of drug-likeness (QED) is 0.759. The Morgan fingerprint density at radius 3 is 2.80 bits per heavy atom. The maximum absolute atomic E-state index is 10.4. The number of hydrogen-bond acceptors (Lipinski definition) is 3. The van der Waals surface area contributed by atoms with Gasteiger partial charge in [0.1, 0.15) is 0 Å². The predicted molar refractivity (Wildman–Crippen MR) is 78.2 cm³/mol. The average molecular weight is 270 g/mol. The first-order valence-electron chi connectivity index (χ1n) is 6.67. The van der Waals surface area contributed by atoms with Crippen molar-refractivity contribution in [3.63, 3.8) is 0 Å². The van der Waals surface area contributed by atoms with Crippen LogP contribution in [0.4, 0.5) is 0 Å². The Bertz CT molecular complexity index is 555. The van der Waals surface area contributed by atoms with Crippen molar-refractivity contribution in [2.45, 2.75) is 19.4 Å². The van der Waals surface area contributed by atoms with Crippen molar-refractivity contribution in [2.75, 3.05) is 6.54 Å². The third-order valence-electron chi connectivity index (χ3n) is 3.00. The molecule has 0 amide bonds. The van der Waals surface area contributed by atoms with E-state index in [9.17, 15) is 4.79 Å². The zero-order chi connectivity index (χ0) is 14.2. The summed E-state index contributed by atoms with van der Waals surface area (Å²) >= 11 is 0. The Hall–Kier alpha value is -2.20. The maximum Gasteiger partial charge on any atom is 0.303 e. The van der Waals surface area contributed by atoms with Crippen LogP contribution in [-0.2, 0) is 11.3 Å². The van der Waals surface area contributed by atoms with Gasteiger partial charge in [0, 0.05) is 25.4 Å². The van der Waals surface area contributed by atoms with Crippen LogP contribution in [0.3, 0.4) is 0 Å². The highest BCUT2D eigenvalue weighted by Crippen LogP contribution is 2.18. The molecule has 0 fully saturated rings. The van der Waals surface area contributed by atoms with Crippen molar-refractivity contribution in [2.24, 2.45) is 0 Å². The molecular formula is C16H18N2O2. The van der Waals surface area contributed by atoms with E-state index in [1.165, 1.54) is 5.56 Å². The molecule has 20 heavy (non-hydrogen) atoms. The van der Waals surface area contributed by atoms with Crippen molar-refractivity contribution in [1.82, 2.24) is 10.3 Å². The summed E-state index contributed by atoms with van der Waals surface area (Å²) in [6.07, 6.45) is 4.47. The molecule has 4 nitrogen and oxygen atoms in total. The number of carboxylic acid groups (broad SMARTS) is 1. The molecule has 1 heterocycles. The Balaban J connectivity index is 1.89. The number of nitrogens with one attached hydrogen (secondary N) is 1. The lowest BCUT2D eigenvalue weighted by atomic mass is 10.0. The molecular weight excluding hydrogens is 252 g/mol. The molecule has 2 N–H and O–H groups in total. The molecule has 0 aliphatic heterocycles. The van der Waals surface area contributed by atoms with Crippen LogP contribution in [0.1, 0.15) is 18.4 Å². The molecule has 4 heteroatoms. The van der Waals surface area contributed by atoms with E-state index >= 15 is 0 Å². The SMILES string of the molecule is O=C(O)CCCNCc1cccc(-c2cccnc2)c1. The molecule has 0 aliphatic rings. The lowest BCUT2D eigenvalue weighted by Crippen LogP contribution is -2.15. The topological polar surface area (TPSA) is 62.2 Å².